The molecule has 25 heavy (non-hydrogen) atoms. The molecule has 0 aliphatic carbocycles. The van der Waals surface area contributed by atoms with Crippen LogP contribution in [0.2, 0.25) is 0 Å². The quantitative estimate of drug-likeness (QED) is 0.785. The molecule has 1 N–H and O–H groups in total. The lowest BCUT2D eigenvalue weighted by atomic mass is 10.0. The highest BCUT2D eigenvalue weighted by molar-refractivity contribution is 7.15. The number of aliphatic imine (C=N–C) groups is 1. The minimum Gasteiger partial charge on any atom is -0.496 e. The molecule has 0 saturated heterocycles. The first-order chi connectivity index (χ1) is 12.1. The van der Waals surface area contributed by atoms with E-state index in [2.05, 4.69) is 10.2 Å². The van der Waals surface area contributed by atoms with Crippen LogP contribution in [-0.4, -0.2) is 32.7 Å². The molecule has 1 aliphatic rings. The first kappa shape index (κ1) is 16.0. The summed E-state index contributed by atoms with van der Waals surface area (Å²) in [5.41, 5.74) is 2.74. The summed E-state index contributed by atoms with van der Waals surface area (Å²) in [6, 6.07) is 9.84. The lowest BCUT2D eigenvalue weighted by Crippen LogP contribution is -2.07. The number of thiophene rings is 1. The van der Waals surface area contributed by atoms with Gasteiger partial charge in [0.1, 0.15) is 23.1 Å². The second-order valence-electron chi connectivity index (χ2n) is 5.91. The van der Waals surface area contributed by atoms with E-state index in [1.807, 2.05) is 41.8 Å². The fourth-order valence-corrected chi connectivity index (χ4v) is 4.18. The van der Waals surface area contributed by atoms with Crippen LogP contribution >= 0.6 is 11.3 Å². The first-order valence-corrected chi connectivity index (χ1v) is 8.83. The summed E-state index contributed by atoms with van der Waals surface area (Å²) in [6.07, 6.45) is -0.545. The van der Waals surface area contributed by atoms with Gasteiger partial charge in [0.05, 0.1) is 18.9 Å². The molecular formula is C18H18N4O2S. The average Bonchev–Trinajstić information content (AvgIpc) is 3.16. The van der Waals surface area contributed by atoms with Crippen molar-refractivity contribution in [3.05, 3.63) is 58.0 Å². The molecule has 0 bridgehead atoms. The van der Waals surface area contributed by atoms with Crippen LogP contribution in [0.1, 0.15) is 40.7 Å². The van der Waals surface area contributed by atoms with Crippen molar-refractivity contribution in [3.8, 4) is 10.8 Å². The van der Waals surface area contributed by atoms with Gasteiger partial charge in [-0.3, -0.25) is 9.56 Å². The van der Waals surface area contributed by atoms with Gasteiger partial charge in [-0.05, 0) is 32.0 Å². The maximum absolute atomic E-state index is 10.1. The van der Waals surface area contributed by atoms with Crippen LogP contribution in [0, 0.1) is 6.92 Å². The summed E-state index contributed by atoms with van der Waals surface area (Å²) in [7, 11) is 1.66. The fraction of sp³-hybridized carbons (Fsp3) is 0.278. The molecule has 7 heteroatoms. The zero-order valence-corrected chi connectivity index (χ0v) is 15.0. The Morgan fingerprint density at radius 1 is 1.24 bits per heavy atom. The van der Waals surface area contributed by atoms with Gasteiger partial charge in [0, 0.05) is 16.0 Å². The zero-order chi connectivity index (χ0) is 17.6. The number of ether oxygens (including phenoxy) is 1. The number of aliphatic hydroxyl groups excluding tert-OH is 1. The molecule has 1 unspecified atom stereocenters. The van der Waals surface area contributed by atoms with Crippen LogP contribution < -0.4 is 4.74 Å². The van der Waals surface area contributed by atoms with Crippen molar-refractivity contribution in [2.45, 2.75) is 26.5 Å². The molecule has 128 valence electrons. The number of aryl methyl sites for hydroxylation is 1. The van der Waals surface area contributed by atoms with Crippen molar-refractivity contribution in [2.75, 3.05) is 7.11 Å². The molecule has 3 heterocycles. The highest BCUT2D eigenvalue weighted by Gasteiger charge is 2.26. The molecule has 1 aliphatic heterocycles. The Morgan fingerprint density at radius 3 is 2.80 bits per heavy atom. The van der Waals surface area contributed by atoms with E-state index < -0.39 is 6.10 Å². The number of aromatic nitrogens is 3. The van der Waals surface area contributed by atoms with Gasteiger partial charge in [0.25, 0.3) is 0 Å². The average molecular weight is 354 g/mol. The summed E-state index contributed by atoms with van der Waals surface area (Å²) in [6.45, 7) is 4.14. The number of hydrogen-bond acceptors (Lipinski definition) is 6. The van der Waals surface area contributed by atoms with Crippen LogP contribution in [0.4, 0.5) is 0 Å². The minimum absolute atomic E-state index is 0.444. The molecule has 2 aromatic heterocycles. The molecule has 0 radical (unpaired) electrons. The van der Waals surface area contributed by atoms with E-state index in [9.17, 15) is 5.11 Å². The van der Waals surface area contributed by atoms with Gasteiger partial charge in [-0.25, -0.2) is 0 Å². The van der Waals surface area contributed by atoms with E-state index in [0.717, 1.165) is 44.1 Å². The smallest absolute Gasteiger partial charge is 0.160 e. The van der Waals surface area contributed by atoms with Crippen molar-refractivity contribution in [2.24, 2.45) is 4.99 Å². The normalized spacial score (nSPS) is 14.3. The Labute approximate surface area is 149 Å². The van der Waals surface area contributed by atoms with Gasteiger partial charge in [-0.2, -0.15) is 0 Å². The van der Waals surface area contributed by atoms with E-state index in [4.69, 9.17) is 9.73 Å². The van der Waals surface area contributed by atoms with Crippen molar-refractivity contribution in [1.29, 1.82) is 0 Å². The number of nitrogens with zero attached hydrogens (tertiary/aromatic N) is 4. The van der Waals surface area contributed by atoms with Crippen molar-refractivity contribution < 1.29 is 9.84 Å². The second-order valence-corrected chi connectivity index (χ2v) is 6.97. The minimum atomic E-state index is -0.545. The molecule has 0 spiro atoms. The van der Waals surface area contributed by atoms with Crippen LogP contribution in [-0.2, 0) is 6.54 Å². The summed E-state index contributed by atoms with van der Waals surface area (Å²) in [5.74, 6) is 2.38. The Hall–Kier alpha value is -2.51. The first-order valence-electron chi connectivity index (χ1n) is 8.01. The molecule has 3 aromatic rings. The molecule has 1 atom stereocenters. The third kappa shape index (κ3) is 2.56. The summed E-state index contributed by atoms with van der Waals surface area (Å²) >= 11 is 1.54. The maximum Gasteiger partial charge on any atom is 0.160 e. The topological polar surface area (TPSA) is 72.5 Å². The number of benzene rings is 1. The predicted octanol–water partition coefficient (Wildman–Crippen LogP) is 3.05. The standard InChI is InChI=1S/C18H18N4O2S/c1-10(23)15-8-13-17(12-6-4-5-7-14(12)24-3)19-9-16-21-20-11(2)22(16)18(13)25-15/h4-8,10,23H,9H2,1-3H3. The summed E-state index contributed by atoms with van der Waals surface area (Å²) in [4.78, 5) is 5.69. The van der Waals surface area contributed by atoms with Gasteiger partial charge in [-0.15, -0.1) is 21.5 Å². The Morgan fingerprint density at radius 2 is 2.04 bits per heavy atom. The van der Waals surface area contributed by atoms with Crippen molar-refractivity contribution in [1.82, 2.24) is 14.8 Å². The lowest BCUT2D eigenvalue weighted by Gasteiger charge is -2.11. The van der Waals surface area contributed by atoms with Crippen LogP contribution in [0.25, 0.3) is 5.00 Å². The van der Waals surface area contributed by atoms with E-state index >= 15 is 0 Å². The SMILES string of the molecule is COc1ccccc1C1=NCc2nnc(C)n2-c2sc(C(C)O)cc21. The highest BCUT2D eigenvalue weighted by atomic mass is 32.1. The van der Waals surface area contributed by atoms with Gasteiger partial charge in [-0.1, -0.05) is 12.1 Å². The van der Waals surface area contributed by atoms with E-state index in [-0.39, 0.29) is 0 Å². The monoisotopic (exact) mass is 354 g/mol. The third-order valence-corrected chi connectivity index (χ3v) is 5.52. The Bertz CT molecular complexity index is 971. The van der Waals surface area contributed by atoms with Crippen LogP contribution in [0.3, 0.4) is 0 Å². The van der Waals surface area contributed by atoms with E-state index in [1.54, 1.807) is 25.4 Å². The van der Waals surface area contributed by atoms with Gasteiger partial charge >= 0.3 is 0 Å². The number of hydrogen-bond donors (Lipinski definition) is 1. The molecule has 0 amide bonds. The van der Waals surface area contributed by atoms with Gasteiger partial charge < -0.3 is 9.84 Å². The predicted molar refractivity (Wildman–Crippen MR) is 96.9 cm³/mol. The number of para-hydroxylation sites is 1. The molecular weight excluding hydrogens is 336 g/mol. The number of methoxy groups -OCH3 is 1. The fourth-order valence-electron chi connectivity index (χ4n) is 3.02. The van der Waals surface area contributed by atoms with Crippen LogP contribution in [0.5, 0.6) is 5.75 Å². The largest absolute Gasteiger partial charge is 0.496 e. The molecule has 0 saturated carbocycles. The summed E-state index contributed by atoms with van der Waals surface area (Å²) in [5, 5.41) is 19.5. The van der Waals surface area contributed by atoms with E-state index in [1.165, 1.54) is 0 Å². The van der Waals surface area contributed by atoms with Crippen LogP contribution in [0.15, 0.2) is 35.3 Å². The van der Waals surface area contributed by atoms with E-state index in [0.29, 0.717) is 6.54 Å². The van der Waals surface area contributed by atoms with Crippen molar-refractivity contribution >= 4 is 17.0 Å². The third-order valence-electron chi connectivity index (χ3n) is 4.23. The summed E-state index contributed by atoms with van der Waals surface area (Å²) < 4.78 is 7.55. The van der Waals surface area contributed by atoms with Crippen molar-refractivity contribution in [3.63, 3.8) is 0 Å². The zero-order valence-electron chi connectivity index (χ0n) is 14.2. The maximum atomic E-state index is 10.1. The molecule has 6 nitrogen and oxygen atoms in total. The van der Waals surface area contributed by atoms with Gasteiger partial charge in [0.2, 0.25) is 0 Å². The molecule has 0 fully saturated rings. The lowest BCUT2D eigenvalue weighted by molar-refractivity contribution is 0.203. The number of aliphatic hydroxyl groups is 1. The molecule has 4 rings (SSSR count). The second kappa shape index (κ2) is 6.09. The number of fused-ring (bicyclic) bond motifs is 3. The Balaban J connectivity index is 1.98. The van der Waals surface area contributed by atoms with Gasteiger partial charge in [0.15, 0.2) is 5.82 Å². The number of rotatable bonds is 3. The Kier molecular flexibility index (Phi) is 3.89. The molecule has 1 aromatic carbocycles. The highest BCUT2D eigenvalue weighted by Crippen LogP contribution is 2.36.